The van der Waals surface area contributed by atoms with Crippen LogP contribution in [0.2, 0.25) is 5.02 Å². The Morgan fingerprint density at radius 1 is 0.889 bits per heavy atom. The molecule has 3 aromatic carbocycles. The normalized spacial score (nSPS) is 13.8. The van der Waals surface area contributed by atoms with E-state index in [1.807, 2.05) is 36.4 Å². The van der Waals surface area contributed by atoms with Gasteiger partial charge in [0.15, 0.2) is 0 Å². The SMILES string of the molecule is CN(C(=O)C(=O)Nc1cc(Br)cc(C(=O)N2CCCC2)c1)C(c1ccc(Cl)cc1)c1ccc(Br)cc1. The van der Waals surface area contributed by atoms with Gasteiger partial charge in [-0.3, -0.25) is 14.4 Å². The third-order valence-electron chi connectivity index (χ3n) is 6.07. The second-order valence-electron chi connectivity index (χ2n) is 8.60. The Balaban J connectivity index is 1.57. The summed E-state index contributed by atoms with van der Waals surface area (Å²) >= 11 is 12.9. The first-order valence-electron chi connectivity index (χ1n) is 11.4. The minimum Gasteiger partial charge on any atom is -0.339 e. The highest BCUT2D eigenvalue weighted by Gasteiger charge is 2.28. The molecule has 6 nitrogen and oxygen atoms in total. The van der Waals surface area contributed by atoms with Crippen molar-refractivity contribution in [3.8, 4) is 0 Å². The Labute approximate surface area is 231 Å². The predicted octanol–water partition coefficient (Wildman–Crippen LogP) is 6.29. The first-order valence-corrected chi connectivity index (χ1v) is 13.4. The third kappa shape index (κ3) is 6.17. The van der Waals surface area contributed by atoms with E-state index in [9.17, 15) is 14.4 Å². The Hall–Kier alpha value is -2.68. The number of carbonyl (C=O) groups is 3. The molecule has 4 rings (SSSR count). The molecular weight excluding hydrogens is 610 g/mol. The smallest absolute Gasteiger partial charge is 0.313 e. The lowest BCUT2D eigenvalue weighted by atomic mass is 9.97. The number of nitrogens with one attached hydrogen (secondary N) is 1. The Bertz CT molecular complexity index is 1230. The lowest BCUT2D eigenvalue weighted by Gasteiger charge is -2.29. The van der Waals surface area contributed by atoms with Crippen molar-refractivity contribution in [2.75, 3.05) is 25.5 Å². The van der Waals surface area contributed by atoms with Crippen LogP contribution >= 0.6 is 43.5 Å². The average molecular weight is 634 g/mol. The minimum absolute atomic E-state index is 0.0919. The van der Waals surface area contributed by atoms with Crippen molar-refractivity contribution in [1.29, 1.82) is 0 Å². The van der Waals surface area contributed by atoms with E-state index in [1.165, 1.54) is 4.90 Å². The topological polar surface area (TPSA) is 69.7 Å². The van der Waals surface area contributed by atoms with Crippen molar-refractivity contribution < 1.29 is 14.4 Å². The number of carbonyl (C=O) groups excluding carboxylic acids is 3. The molecule has 0 radical (unpaired) electrons. The molecule has 1 aliphatic heterocycles. The Morgan fingerprint density at radius 2 is 1.47 bits per heavy atom. The minimum atomic E-state index is -0.800. The number of benzene rings is 3. The summed E-state index contributed by atoms with van der Waals surface area (Å²) in [5.41, 5.74) is 2.47. The fourth-order valence-electron chi connectivity index (χ4n) is 4.28. The van der Waals surface area contributed by atoms with Gasteiger partial charge in [0.2, 0.25) is 0 Å². The van der Waals surface area contributed by atoms with E-state index in [0.29, 0.717) is 20.7 Å². The summed E-state index contributed by atoms with van der Waals surface area (Å²) in [4.78, 5) is 42.3. The van der Waals surface area contributed by atoms with Gasteiger partial charge in [0, 0.05) is 45.4 Å². The second-order valence-corrected chi connectivity index (χ2v) is 10.9. The molecule has 0 aliphatic carbocycles. The van der Waals surface area contributed by atoms with Crippen LogP contribution in [-0.4, -0.2) is 47.7 Å². The first kappa shape index (κ1) is 26.4. The van der Waals surface area contributed by atoms with E-state index in [4.69, 9.17) is 11.6 Å². The molecule has 186 valence electrons. The molecule has 1 fully saturated rings. The van der Waals surface area contributed by atoms with E-state index >= 15 is 0 Å². The standard InChI is InChI=1S/C27H24Br2ClN3O3/c1-32(24(17-4-8-20(28)9-5-17)18-6-10-22(30)11-7-18)27(36)25(34)31-23-15-19(14-21(29)16-23)26(35)33-12-2-3-13-33/h4-11,14-16,24H,2-3,12-13H2,1H3,(H,31,34). The number of likely N-dealkylation sites (N-methyl/N-ethyl adjacent to an activating group) is 1. The van der Waals surface area contributed by atoms with Crippen LogP contribution in [0.5, 0.6) is 0 Å². The van der Waals surface area contributed by atoms with Crippen molar-refractivity contribution in [3.63, 3.8) is 0 Å². The van der Waals surface area contributed by atoms with Gasteiger partial charge in [0.05, 0.1) is 6.04 Å². The number of amides is 3. The molecule has 1 saturated heterocycles. The van der Waals surface area contributed by atoms with E-state index in [1.54, 1.807) is 42.3 Å². The third-order valence-corrected chi connectivity index (χ3v) is 7.31. The summed E-state index contributed by atoms with van der Waals surface area (Å²) in [5, 5.41) is 3.24. The maximum atomic E-state index is 13.3. The monoisotopic (exact) mass is 631 g/mol. The first-order chi connectivity index (χ1) is 17.2. The second kappa shape index (κ2) is 11.6. The highest BCUT2D eigenvalue weighted by molar-refractivity contribution is 9.10. The van der Waals surface area contributed by atoms with Gasteiger partial charge in [-0.25, -0.2) is 0 Å². The molecule has 1 N–H and O–H groups in total. The zero-order valence-corrected chi connectivity index (χ0v) is 23.4. The van der Waals surface area contributed by atoms with Crippen LogP contribution in [0.25, 0.3) is 0 Å². The maximum absolute atomic E-state index is 13.3. The van der Waals surface area contributed by atoms with Crippen LogP contribution in [0, 0.1) is 0 Å². The van der Waals surface area contributed by atoms with Gasteiger partial charge >= 0.3 is 11.8 Å². The zero-order valence-electron chi connectivity index (χ0n) is 19.5. The lowest BCUT2D eigenvalue weighted by Crippen LogP contribution is -2.40. The molecule has 1 heterocycles. The molecule has 3 amide bonds. The van der Waals surface area contributed by atoms with Gasteiger partial charge in [-0.15, -0.1) is 0 Å². The van der Waals surface area contributed by atoms with Crippen LogP contribution < -0.4 is 5.32 Å². The highest BCUT2D eigenvalue weighted by atomic mass is 79.9. The molecule has 36 heavy (non-hydrogen) atoms. The fourth-order valence-corrected chi connectivity index (χ4v) is 5.16. The molecule has 0 spiro atoms. The molecule has 0 aromatic heterocycles. The number of rotatable bonds is 5. The van der Waals surface area contributed by atoms with E-state index in [0.717, 1.165) is 41.5 Å². The summed E-state index contributed by atoms with van der Waals surface area (Å²) in [5.74, 6) is -1.61. The van der Waals surface area contributed by atoms with Crippen LogP contribution in [0.1, 0.15) is 40.4 Å². The van der Waals surface area contributed by atoms with Crippen LogP contribution in [0.3, 0.4) is 0 Å². The summed E-state index contributed by atoms with van der Waals surface area (Å²) in [6.07, 6.45) is 1.97. The van der Waals surface area contributed by atoms with Crippen molar-refractivity contribution in [1.82, 2.24) is 9.80 Å². The Kier molecular flexibility index (Phi) is 8.49. The van der Waals surface area contributed by atoms with E-state index in [2.05, 4.69) is 37.2 Å². The summed E-state index contributed by atoms with van der Waals surface area (Å²) in [7, 11) is 1.59. The summed E-state index contributed by atoms with van der Waals surface area (Å²) in [6.45, 7) is 1.44. The van der Waals surface area contributed by atoms with Gasteiger partial charge in [-0.05, 0) is 66.4 Å². The van der Waals surface area contributed by atoms with Gasteiger partial charge < -0.3 is 15.1 Å². The van der Waals surface area contributed by atoms with Gasteiger partial charge in [0.25, 0.3) is 5.91 Å². The molecule has 9 heteroatoms. The van der Waals surface area contributed by atoms with Gasteiger partial charge in [-0.1, -0.05) is 67.7 Å². The number of nitrogens with zero attached hydrogens (tertiary/aromatic N) is 2. The van der Waals surface area contributed by atoms with Crippen molar-refractivity contribution >= 4 is 66.9 Å². The predicted molar refractivity (Wildman–Crippen MR) is 148 cm³/mol. The maximum Gasteiger partial charge on any atom is 0.313 e. The number of hydrogen-bond donors (Lipinski definition) is 1. The zero-order chi connectivity index (χ0) is 25.8. The van der Waals surface area contributed by atoms with Crippen LogP contribution in [0.15, 0.2) is 75.7 Å². The van der Waals surface area contributed by atoms with Crippen LogP contribution in [0.4, 0.5) is 5.69 Å². The number of hydrogen-bond acceptors (Lipinski definition) is 3. The molecule has 0 saturated carbocycles. The molecule has 0 bridgehead atoms. The lowest BCUT2D eigenvalue weighted by molar-refractivity contribution is -0.143. The number of anilines is 1. The van der Waals surface area contributed by atoms with Crippen molar-refractivity contribution in [2.24, 2.45) is 0 Å². The largest absolute Gasteiger partial charge is 0.339 e. The number of halogens is 3. The number of likely N-dealkylation sites (tertiary alicyclic amines) is 1. The fraction of sp³-hybridized carbons (Fsp3) is 0.222. The molecule has 1 aliphatic rings. The van der Waals surface area contributed by atoms with E-state index < -0.39 is 17.9 Å². The molecule has 3 aromatic rings. The highest BCUT2D eigenvalue weighted by Crippen LogP contribution is 2.30. The molecular formula is C27H24Br2ClN3O3. The van der Waals surface area contributed by atoms with Gasteiger partial charge in [0.1, 0.15) is 0 Å². The summed E-state index contributed by atoms with van der Waals surface area (Å²) < 4.78 is 1.54. The Morgan fingerprint density at radius 3 is 2.08 bits per heavy atom. The molecule has 1 unspecified atom stereocenters. The van der Waals surface area contributed by atoms with Crippen molar-refractivity contribution in [2.45, 2.75) is 18.9 Å². The quantitative estimate of drug-likeness (QED) is 0.336. The average Bonchev–Trinajstić information content (AvgIpc) is 3.40. The molecule has 1 atom stereocenters. The summed E-state index contributed by atoms with van der Waals surface area (Å²) in [6, 6.07) is 19.2. The van der Waals surface area contributed by atoms with Crippen LogP contribution in [-0.2, 0) is 9.59 Å². The van der Waals surface area contributed by atoms with E-state index in [-0.39, 0.29) is 5.91 Å². The van der Waals surface area contributed by atoms with Gasteiger partial charge in [-0.2, -0.15) is 0 Å². The van der Waals surface area contributed by atoms with Crippen molar-refractivity contribution in [3.05, 3.63) is 97.4 Å².